The van der Waals surface area contributed by atoms with Crippen LogP contribution >= 0.6 is 0 Å². The van der Waals surface area contributed by atoms with Crippen molar-refractivity contribution >= 4 is 0 Å². The third-order valence-electron chi connectivity index (χ3n) is 3.82. The lowest BCUT2D eigenvalue weighted by Gasteiger charge is -2.30. The highest BCUT2D eigenvalue weighted by molar-refractivity contribution is 5.00. The predicted molar refractivity (Wildman–Crippen MR) is 71.4 cm³/mol. The summed E-state index contributed by atoms with van der Waals surface area (Å²) in [5, 5.41) is 15.3. The SMILES string of the molecule is Cc1nc([C@H]2CN(Cc3nnc(C4CC4)o3)CCO2)n[nH]1. The van der Waals surface area contributed by atoms with Gasteiger partial charge < -0.3 is 9.15 Å². The van der Waals surface area contributed by atoms with Gasteiger partial charge in [-0.2, -0.15) is 5.10 Å². The summed E-state index contributed by atoms with van der Waals surface area (Å²) in [7, 11) is 0. The molecular formula is C13H18N6O2. The molecule has 3 heterocycles. The van der Waals surface area contributed by atoms with Crippen molar-refractivity contribution in [3.8, 4) is 0 Å². The highest BCUT2D eigenvalue weighted by Gasteiger charge is 2.30. The van der Waals surface area contributed by atoms with Crippen molar-refractivity contribution in [2.45, 2.75) is 38.3 Å². The van der Waals surface area contributed by atoms with Crippen LogP contribution < -0.4 is 0 Å². The molecule has 8 heteroatoms. The second kappa shape index (κ2) is 5.19. The highest BCUT2D eigenvalue weighted by Crippen LogP contribution is 2.39. The minimum Gasteiger partial charge on any atom is -0.424 e. The monoisotopic (exact) mass is 290 g/mol. The number of aromatic amines is 1. The van der Waals surface area contributed by atoms with Crippen LogP contribution in [0.4, 0.5) is 0 Å². The molecule has 0 amide bonds. The van der Waals surface area contributed by atoms with Crippen LogP contribution in [-0.4, -0.2) is 50.0 Å². The first-order chi connectivity index (χ1) is 10.3. The molecule has 0 bridgehead atoms. The van der Waals surface area contributed by atoms with Crippen molar-refractivity contribution < 1.29 is 9.15 Å². The fourth-order valence-corrected chi connectivity index (χ4v) is 2.52. The zero-order valence-corrected chi connectivity index (χ0v) is 11.9. The topological polar surface area (TPSA) is 93.0 Å². The molecule has 112 valence electrons. The minimum atomic E-state index is -0.102. The first kappa shape index (κ1) is 12.9. The first-order valence-corrected chi connectivity index (χ1v) is 7.33. The lowest BCUT2D eigenvalue weighted by atomic mass is 10.2. The van der Waals surface area contributed by atoms with E-state index in [0.717, 1.165) is 24.8 Å². The molecular weight excluding hydrogens is 272 g/mol. The van der Waals surface area contributed by atoms with Gasteiger partial charge in [-0.05, 0) is 19.8 Å². The summed E-state index contributed by atoms with van der Waals surface area (Å²) >= 11 is 0. The van der Waals surface area contributed by atoms with Gasteiger partial charge in [0.1, 0.15) is 11.9 Å². The van der Waals surface area contributed by atoms with Crippen LogP contribution in [0.5, 0.6) is 0 Å². The molecule has 4 rings (SSSR count). The van der Waals surface area contributed by atoms with Gasteiger partial charge in [0.2, 0.25) is 11.8 Å². The molecule has 2 aromatic rings. The maximum Gasteiger partial charge on any atom is 0.230 e. The lowest BCUT2D eigenvalue weighted by molar-refractivity contribution is -0.0393. The zero-order valence-electron chi connectivity index (χ0n) is 11.9. The third kappa shape index (κ3) is 2.81. The number of morpholine rings is 1. The Bertz CT molecular complexity index is 620. The molecule has 1 saturated heterocycles. The van der Waals surface area contributed by atoms with E-state index in [-0.39, 0.29) is 6.10 Å². The van der Waals surface area contributed by atoms with Crippen LogP contribution in [-0.2, 0) is 11.3 Å². The van der Waals surface area contributed by atoms with E-state index in [2.05, 4.69) is 30.3 Å². The quantitative estimate of drug-likeness (QED) is 0.895. The smallest absolute Gasteiger partial charge is 0.230 e. The van der Waals surface area contributed by atoms with Gasteiger partial charge in [0.15, 0.2) is 5.82 Å². The fraction of sp³-hybridized carbons (Fsp3) is 0.692. The fourth-order valence-electron chi connectivity index (χ4n) is 2.52. The normalized spacial score (nSPS) is 23.6. The Balaban J connectivity index is 1.40. The molecule has 1 aliphatic carbocycles. The largest absolute Gasteiger partial charge is 0.424 e. The number of ether oxygens (including phenoxy) is 1. The van der Waals surface area contributed by atoms with Gasteiger partial charge in [-0.3, -0.25) is 10.00 Å². The number of hydrogen-bond acceptors (Lipinski definition) is 7. The summed E-state index contributed by atoms with van der Waals surface area (Å²) in [4.78, 5) is 6.58. The van der Waals surface area contributed by atoms with Crippen LogP contribution in [0, 0.1) is 6.92 Å². The molecule has 2 aromatic heterocycles. The number of aryl methyl sites for hydroxylation is 1. The van der Waals surface area contributed by atoms with E-state index < -0.39 is 0 Å². The minimum absolute atomic E-state index is 0.102. The van der Waals surface area contributed by atoms with Gasteiger partial charge in [0.25, 0.3) is 0 Å². The average Bonchev–Trinajstić information content (AvgIpc) is 3.09. The summed E-state index contributed by atoms with van der Waals surface area (Å²) in [6.45, 7) is 4.78. The first-order valence-electron chi connectivity index (χ1n) is 7.33. The number of nitrogens with zero attached hydrogens (tertiary/aromatic N) is 5. The van der Waals surface area contributed by atoms with Gasteiger partial charge >= 0.3 is 0 Å². The van der Waals surface area contributed by atoms with Crippen molar-refractivity contribution in [2.75, 3.05) is 19.7 Å². The summed E-state index contributed by atoms with van der Waals surface area (Å²) in [5.74, 6) is 3.49. The Hall–Kier alpha value is -1.80. The molecule has 0 aromatic carbocycles. The highest BCUT2D eigenvalue weighted by atomic mass is 16.5. The Morgan fingerprint density at radius 1 is 1.33 bits per heavy atom. The molecule has 1 aliphatic heterocycles. The van der Waals surface area contributed by atoms with E-state index >= 15 is 0 Å². The molecule has 21 heavy (non-hydrogen) atoms. The maximum atomic E-state index is 5.75. The van der Waals surface area contributed by atoms with Crippen molar-refractivity contribution in [1.82, 2.24) is 30.3 Å². The Morgan fingerprint density at radius 2 is 2.24 bits per heavy atom. The van der Waals surface area contributed by atoms with Gasteiger partial charge in [-0.15, -0.1) is 10.2 Å². The zero-order chi connectivity index (χ0) is 14.2. The summed E-state index contributed by atoms with van der Waals surface area (Å²) in [6, 6.07) is 0. The number of H-pyrrole nitrogens is 1. The van der Waals surface area contributed by atoms with Crippen LogP contribution in [0.1, 0.15) is 48.3 Å². The van der Waals surface area contributed by atoms with Gasteiger partial charge in [-0.1, -0.05) is 0 Å². The van der Waals surface area contributed by atoms with E-state index in [1.165, 1.54) is 12.8 Å². The number of hydrogen-bond donors (Lipinski definition) is 1. The van der Waals surface area contributed by atoms with Gasteiger partial charge in [-0.25, -0.2) is 4.98 Å². The summed E-state index contributed by atoms with van der Waals surface area (Å²) < 4.78 is 11.5. The molecule has 0 spiro atoms. The number of nitrogens with one attached hydrogen (secondary N) is 1. The van der Waals surface area contributed by atoms with Gasteiger partial charge in [0.05, 0.1) is 13.2 Å². The van der Waals surface area contributed by atoms with E-state index in [4.69, 9.17) is 9.15 Å². The molecule has 1 saturated carbocycles. The van der Waals surface area contributed by atoms with Crippen LogP contribution in [0.2, 0.25) is 0 Å². The Kier molecular flexibility index (Phi) is 3.19. The maximum absolute atomic E-state index is 5.75. The molecule has 2 aliphatic rings. The third-order valence-corrected chi connectivity index (χ3v) is 3.82. The van der Waals surface area contributed by atoms with Crippen LogP contribution in [0.3, 0.4) is 0 Å². The van der Waals surface area contributed by atoms with E-state index in [9.17, 15) is 0 Å². The van der Waals surface area contributed by atoms with Crippen molar-refractivity contribution in [3.63, 3.8) is 0 Å². The van der Waals surface area contributed by atoms with E-state index in [1.807, 2.05) is 6.92 Å². The molecule has 1 atom stereocenters. The second-order valence-electron chi connectivity index (χ2n) is 5.68. The van der Waals surface area contributed by atoms with Crippen LogP contribution in [0.25, 0.3) is 0 Å². The number of aromatic nitrogens is 5. The molecule has 0 radical (unpaired) electrons. The van der Waals surface area contributed by atoms with Crippen LogP contribution in [0.15, 0.2) is 4.42 Å². The number of rotatable bonds is 4. The van der Waals surface area contributed by atoms with E-state index in [1.54, 1.807) is 0 Å². The van der Waals surface area contributed by atoms with Crippen molar-refractivity contribution in [2.24, 2.45) is 0 Å². The summed E-state index contributed by atoms with van der Waals surface area (Å²) in [6.07, 6.45) is 2.24. The van der Waals surface area contributed by atoms with E-state index in [0.29, 0.717) is 30.8 Å². The molecule has 8 nitrogen and oxygen atoms in total. The Labute approximate surface area is 121 Å². The average molecular weight is 290 g/mol. The molecule has 1 N–H and O–H groups in total. The molecule has 0 unspecified atom stereocenters. The van der Waals surface area contributed by atoms with Crippen molar-refractivity contribution in [3.05, 3.63) is 23.4 Å². The molecule has 2 fully saturated rings. The summed E-state index contributed by atoms with van der Waals surface area (Å²) in [5.41, 5.74) is 0. The second-order valence-corrected chi connectivity index (χ2v) is 5.68. The predicted octanol–water partition coefficient (Wildman–Crippen LogP) is 0.947. The lowest BCUT2D eigenvalue weighted by Crippen LogP contribution is -2.38. The van der Waals surface area contributed by atoms with Crippen molar-refractivity contribution in [1.29, 1.82) is 0 Å². The standard InChI is InChI=1S/C13H18N6O2/c1-8-14-12(17-15-8)10-6-19(4-5-20-10)7-11-16-18-13(21-11)9-2-3-9/h9-10H,2-7H2,1H3,(H,14,15,17)/t10-/m1/s1. The Morgan fingerprint density at radius 3 is 3.00 bits per heavy atom. The van der Waals surface area contributed by atoms with Gasteiger partial charge in [0, 0.05) is 19.0 Å².